The van der Waals surface area contributed by atoms with Crippen molar-refractivity contribution in [3.8, 4) is 5.75 Å². The number of carbonyl (C=O) groups excluding carboxylic acids is 1. The van der Waals surface area contributed by atoms with Crippen LogP contribution in [0.1, 0.15) is 31.9 Å². The fourth-order valence-electron chi connectivity index (χ4n) is 2.04. The third-order valence-corrected chi connectivity index (χ3v) is 3.20. The highest BCUT2D eigenvalue weighted by atomic mass is 19.4. The molecule has 1 aromatic rings. The van der Waals surface area contributed by atoms with Gasteiger partial charge < -0.3 is 14.8 Å². The predicted octanol–water partition coefficient (Wildman–Crippen LogP) is 3.48. The van der Waals surface area contributed by atoms with Gasteiger partial charge in [0.1, 0.15) is 12.4 Å². The molecule has 0 aromatic heterocycles. The van der Waals surface area contributed by atoms with Crippen LogP contribution in [-0.4, -0.2) is 32.4 Å². The van der Waals surface area contributed by atoms with Crippen LogP contribution in [0.3, 0.4) is 0 Å². The highest BCUT2D eigenvalue weighted by Gasteiger charge is 2.27. The van der Waals surface area contributed by atoms with Crippen LogP contribution in [0.2, 0.25) is 0 Å². The van der Waals surface area contributed by atoms with Crippen molar-refractivity contribution in [3.05, 3.63) is 29.8 Å². The summed E-state index contributed by atoms with van der Waals surface area (Å²) in [6, 6.07) is 7.07. The fourth-order valence-corrected chi connectivity index (χ4v) is 2.04. The van der Waals surface area contributed by atoms with Gasteiger partial charge in [0.2, 0.25) is 5.91 Å². The lowest BCUT2D eigenvalue weighted by Crippen LogP contribution is -2.32. The first-order valence-corrected chi connectivity index (χ1v) is 7.30. The van der Waals surface area contributed by atoms with E-state index >= 15 is 0 Å². The Morgan fingerprint density at radius 2 is 1.83 bits per heavy atom. The molecule has 0 bridgehead atoms. The molecule has 1 N–H and O–H groups in total. The molecule has 4 nitrogen and oxygen atoms in total. The molecule has 1 atom stereocenters. The third-order valence-electron chi connectivity index (χ3n) is 3.20. The van der Waals surface area contributed by atoms with Crippen LogP contribution in [0.5, 0.6) is 5.75 Å². The van der Waals surface area contributed by atoms with E-state index in [1.54, 1.807) is 19.2 Å². The normalized spacial score (nSPS) is 13.0. The smallest absolute Gasteiger partial charge is 0.411 e. The maximum Gasteiger partial charge on any atom is 0.411 e. The van der Waals surface area contributed by atoms with Crippen LogP contribution in [-0.2, 0) is 9.53 Å². The second-order valence-electron chi connectivity index (χ2n) is 5.48. The van der Waals surface area contributed by atoms with E-state index in [2.05, 4.69) is 10.1 Å². The van der Waals surface area contributed by atoms with Gasteiger partial charge in [-0.1, -0.05) is 26.0 Å². The van der Waals surface area contributed by atoms with Crippen LogP contribution in [0, 0.1) is 5.92 Å². The van der Waals surface area contributed by atoms with E-state index in [4.69, 9.17) is 4.74 Å². The van der Waals surface area contributed by atoms with Crippen molar-refractivity contribution in [1.29, 1.82) is 0 Å². The maximum absolute atomic E-state index is 11.9. The van der Waals surface area contributed by atoms with Crippen molar-refractivity contribution >= 4 is 5.91 Å². The molecule has 0 radical (unpaired) electrons. The summed E-state index contributed by atoms with van der Waals surface area (Å²) in [5.41, 5.74) is 0.908. The Kier molecular flexibility index (Phi) is 7.35. The lowest BCUT2D eigenvalue weighted by atomic mass is 9.96. The van der Waals surface area contributed by atoms with Gasteiger partial charge in [0.15, 0.2) is 0 Å². The summed E-state index contributed by atoms with van der Waals surface area (Å²) in [5, 5.41) is 2.83. The molecule has 1 aromatic carbocycles. The molecule has 0 saturated heterocycles. The third kappa shape index (κ3) is 7.36. The minimum atomic E-state index is -4.37. The number of methoxy groups -OCH3 is 1. The van der Waals surface area contributed by atoms with Crippen molar-refractivity contribution < 1.29 is 27.4 Å². The molecular weight excluding hydrogens is 311 g/mol. The fraction of sp³-hybridized carbons (Fsp3) is 0.562. The number of hydrogen-bond donors (Lipinski definition) is 1. The number of benzene rings is 1. The van der Waals surface area contributed by atoms with Crippen LogP contribution in [0.15, 0.2) is 24.3 Å². The summed E-state index contributed by atoms with van der Waals surface area (Å²) < 4.78 is 45.4. The molecule has 1 unspecified atom stereocenters. The number of alkyl halides is 3. The number of ether oxygens (including phenoxy) is 2. The summed E-state index contributed by atoms with van der Waals surface area (Å²) in [6.45, 7) is 2.30. The second-order valence-corrected chi connectivity index (χ2v) is 5.48. The van der Waals surface area contributed by atoms with E-state index in [9.17, 15) is 18.0 Å². The topological polar surface area (TPSA) is 47.6 Å². The van der Waals surface area contributed by atoms with E-state index in [1.807, 2.05) is 26.0 Å². The molecule has 0 heterocycles. The molecule has 0 fully saturated rings. The van der Waals surface area contributed by atoms with Crippen LogP contribution >= 0.6 is 0 Å². The molecule has 1 amide bonds. The van der Waals surface area contributed by atoms with Crippen LogP contribution < -0.4 is 10.1 Å². The number of hydrogen-bond acceptors (Lipinski definition) is 3. The van der Waals surface area contributed by atoms with E-state index in [0.717, 1.165) is 5.56 Å². The van der Waals surface area contributed by atoms with E-state index in [-0.39, 0.29) is 30.9 Å². The first-order chi connectivity index (χ1) is 10.7. The lowest BCUT2D eigenvalue weighted by molar-refractivity contribution is -0.174. The molecule has 1 rings (SSSR count). The zero-order valence-corrected chi connectivity index (χ0v) is 13.4. The Morgan fingerprint density at radius 1 is 1.22 bits per heavy atom. The monoisotopic (exact) mass is 333 g/mol. The van der Waals surface area contributed by atoms with Gasteiger partial charge in [-0.15, -0.1) is 0 Å². The number of carbonyl (C=O) groups is 1. The van der Waals surface area contributed by atoms with Gasteiger partial charge in [0.05, 0.1) is 19.8 Å². The van der Waals surface area contributed by atoms with Gasteiger partial charge in [-0.3, -0.25) is 4.79 Å². The lowest BCUT2D eigenvalue weighted by Gasteiger charge is -2.23. The minimum absolute atomic E-state index is 0.116. The number of halogens is 3. The minimum Gasteiger partial charge on any atom is -0.497 e. The summed E-state index contributed by atoms with van der Waals surface area (Å²) in [6.07, 6.45) is -4.49. The molecule has 0 saturated carbocycles. The Labute approximate surface area is 134 Å². The van der Waals surface area contributed by atoms with Gasteiger partial charge in [-0.05, 0) is 23.6 Å². The van der Waals surface area contributed by atoms with Gasteiger partial charge in [0, 0.05) is 6.42 Å². The zero-order chi connectivity index (χ0) is 17.5. The molecule has 0 aliphatic carbocycles. The average molecular weight is 333 g/mol. The van der Waals surface area contributed by atoms with Crippen molar-refractivity contribution in [1.82, 2.24) is 5.32 Å². The Balaban J connectivity index is 2.53. The van der Waals surface area contributed by atoms with Crippen molar-refractivity contribution in [2.45, 2.75) is 32.5 Å². The highest BCUT2D eigenvalue weighted by molar-refractivity contribution is 5.76. The number of nitrogens with one attached hydrogen (secondary N) is 1. The maximum atomic E-state index is 11.9. The number of amides is 1. The quantitative estimate of drug-likeness (QED) is 0.741. The SMILES string of the molecule is COc1ccc(C(NC(=O)CCOCC(F)(F)F)C(C)C)cc1. The van der Waals surface area contributed by atoms with E-state index < -0.39 is 12.8 Å². The molecule has 0 aliphatic heterocycles. The second kappa shape index (κ2) is 8.76. The molecule has 0 aliphatic rings. The van der Waals surface area contributed by atoms with Gasteiger partial charge >= 0.3 is 6.18 Å². The predicted molar refractivity (Wildman–Crippen MR) is 80.2 cm³/mol. The van der Waals surface area contributed by atoms with Crippen LogP contribution in [0.4, 0.5) is 13.2 Å². The standard InChI is InChI=1S/C16H22F3NO3/c1-11(2)15(12-4-6-13(22-3)7-5-12)20-14(21)8-9-23-10-16(17,18)19/h4-7,11,15H,8-10H2,1-3H3,(H,20,21). The highest BCUT2D eigenvalue weighted by Crippen LogP contribution is 2.24. The number of rotatable bonds is 8. The molecular formula is C16H22F3NO3. The van der Waals surface area contributed by atoms with Crippen LogP contribution in [0.25, 0.3) is 0 Å². The molecule has 23 heavy (non-hydrogen) atoms. The first kappa shape index (κ1) is 19.3. The molecule has 7 heteroatoms. The zero-order valence-electron chi connectivity index (χ0n) is 13.4. The van der Waals surface area contributed by atoms with Crippen molar-refractivity contribution in [2.24, 2.45) is 5.92 Å². The van der Waals surface area contributed by atoms with Gasteiger partial charge in [-0.2, -0.15) is 13.2 Å². The molecule has 0 spiro atoms. The Hall–Kier alpha value is -1.76. The van der Waals surface area contributed by atoms with Gasteiger partial charge in [-0.25, -0.2) is 0 Å². The van der Waals surface area contributed by atoms with Gasteiger partial charge in [0.25, 0.3) is 0 Å². The summed E-state index contributed by atoms with van der Waals surface area (Å²) >= 11 is 0. The average Bonchev–Trinajstić information content (AvgIpc) is 2.48. The Morgan fingerprint density at radius 3 is 2.30 bits per heavy atom. The van der Waals surface area contributed by atoms with E-state index in [1.165, 1.54) is 0 Å². The molecule has 130 valence electrons. The van der Waals surface area contributed by atoms with Crippen molar-refractivity contribution in [3.63, 3.8) is 0 Å². The summed E-state index contributed by atoms with van der Waals surface area (Å²) in [4.78, 5) is 11.9. The Bertz CT molecular complexity index is 486. The van der Waals surface area contributed by atoms with E-state index in [0.29, 0.717) is 5.75 Å². The van der Waals surface area contributed by atoms with Crippen molar-refractivity contribution in [2.75, 3.05) is 20.3 Å². The summed E-state index contributed by atoms with van der Waals surface area (Å²) in [5.74, 6) is 0.494. The summed E-state index contributed by atoms with van der Waals surface area (Å²) in [7, 11) is 1.57. The largest absolute Gasteiger partial charge is 0.497 e. The first-order valence-electron chi connectivity index (χ1n) is 7.30.